The second-order valence-corrected chi connectivity index (χ2v) is 6.91. The topological polar surface area (TPSA) is 80.1 Å². The smallest absolute Gasteiger partial charge is 0.230 e. The Kier molecular flexibility index (Phi) is 3.87. The minimum atomic E-state index is -0.477. The Morgan fingerprint density at radius 1 is 1.17 bits per heavy atom. The number of nitrogens with one attached hydrogen (secondary N) is 1. The molecule has 0 unspecified atom stereocenters. The summed E-state index contributed by atoms with van der Waals surface area (Å²) >= 11 is 0. The van der Waals surface area contributed by atoms with Crippen molar-refractivity contribution in [3.8, 4) is 11.1 Å². The normalized spacial score (nSPS) is 13.8. The number of pyridine rings is 1. The second-order valence-electron chi connectivity index (χ2n) is 6.91. The fourth-order valence-electron chi connectivity index (χ4n) is 2.57. The summed E-state index contributed by atoms with van der Waals surface area (Å²) < 4.78 is 1.83. The first-order valence-electron chi connectivity index (χ1n) is 7.89. The van der Waals surface area contributed by atoms with Crippen LogP contribution in [0.25, 0.3) is 11.1 Å². The van der Waals surface area contributed by atoms with Crippen molar-refractivity contribution in [3.63, 3.8) is 0 Å². The van der Waals surface area contributed by atoms with Gasteiger partial charge in [0.25, 0.3) is 0 Å². The average molecular weight is 327 g/mol. The predicted molar refractivity (Wildman–Crippen MR) is 91.6 cm³/mol. The minimum Gasteiger partial charge on any atom is -0.310 e. The highest BCUT2D eigenvalue weighted by atomic mass is 16.2. The lowest BCUT2D eigenvalue weighted by Crippen LogP contribution is -2.28. The van der Waals surface area contributed by atoms with Gasteiger partial charge in [-0.15, -0.1) is 0 Å². The van der Waals surface area contributed by atoms with E-state index in [4.69, 9.17) is 0 Å². The molecule has 2 aromatic heterocycles. The van der Waals surface area contributed by atoms with E-state index in [-0.39, 0.29) is 11.8 Å². The van der Waals surface area contributed by atoms with Gasteiger partial charge in [0.1, 0.15) is 11.6 Å². The summed E-state index contributed by atoms with van der Waals surface area (Å²) in [5.41, 5.74) is 1.25. The van der Waals surface area contributed by atoms with Crippen molar-refractivity contribution in [2.45, 2.75) is 34.2 Å². The molecular weight excluding hydrogens is 306 g/mol. The Morgan fingerprint density at radius 2 is 1.92 bits per heavy atom. The van der Waals surface area contributed by atoms with E-state index in [2.05, 4.69) is 15.4 Å². The number of hydrogen-bond acceptors (Lipinski definition) is 4. The molecule has 7 heteroatoms. The Morgan fingerprint density at radius 3 is 2.50 bits per heavy atom. The summed E-state index contributed by atoms with van der Waals surface area (Å²) in [5.74, 6) is 1.22. The van der Waals surface area contributed by atoms with Crippen LogP contribution in [0.4, 0.5) is 11.6 Å². The lowest BCUT2D eigenvalue weighted by atomic mass is 9.96. The summed E-state index contributed by atoms with van der Waals surface area (Å²) in [6, 6.07) is 3.63. The Hall–Kier alpha value is -2.70. The maximum absolute atomic E-state index is 12.0. The standard InChI is InChI=1S/C17H21N5O2/c1-11(23)21-7-8-22-15(21)13(10-19-22)12-5-6-14(18-9-12)20-16(24)17(2,3)4/h5-6,9-10H,7-8H2,1-4H3,(H,18,20,24). The third kappa shape index (κ3) is 2.89. The van der Waals surface area contributed by atoms with E-state index in [0.29, 0.717) is 18.9 Å². The zero-order chi connectivity index (χ0) is 17.5. The molecule has 2 aromatic rings. The van der Waals surface area contributed by atoms with Crippen LogP contribution in [-0.2, 0) is 16.1 Å². The zero-order valence-corrected chi connectivity index (χ0v) is 14.3. The molecule has 1 N–H and O–H groups in total. The summed E-state index contributed by atoms with van der Waals surface area (Å²) in [6.07, 6.45) is 3.43. The van der Waals surface area contributed by atoms with E-state index < -0.39 is 5.41 Å². The van der Waals surface area contributed by atoms with E-state index in [1.54, 1.807) is 30.3 Å². The molecule has 126 valence electrons. The van der Waals surface area contributed by atoms with Crippen molar-refractivity contribution < 1.29 is 9.59 Å². The number of carbonyl (C=O) groups is 2. The van der Waals surface area contributed by atoms with Gasteiger partial charge in [-0.1, -0.05) is 20.8 Å². The molecular formula is C17H21N5O2. The van der Waals surface area contributed by atoms with E-state index in [0.717, 1.165) is 16.9 Å². The molecule has 0 spiro atoms. The SMILES string of the molecule is CC(=O)N1CCn2ncc(-c3ccc(NC(=O)C(C)(C)C)nc3)c21. The minimum absolute atomic E-state index is 0.00230. The van der Waals surface area contributed by atoms with Gasteiger partial charge in [0, 0.05) is 36.2 Å². The molecule has 0 aliphatic carbocycles. The highest BCUT2D eigenvalue weighted by Gasteiger charge is 2.27. The summed E-state index contributed by atoms with van der Waals surface area (Å²) in [6.45, 7) is 8.44. The molecule has 1 aliphatic heterocycles. The maximum atomic E-state index is 12.0. The number of aromatic nitrogens is 3. The van der Waals surface area contributed by atoms with Crippen molar-refractivity contribution in [2.75, 3.05) is 16.8 Å². The number of nitrogens with zero attached hydrogens (tertiary/aromatic N) is 4. The molecule has 7 nitrogen and oxygen atoms in total. The first-order valence-corrected chi connectivity index (χ1v) is 7.89. The number of anilines is 2. The van der Waals surface area contributed by atoms with E-state index in [9.17, 15) is 9.59 Å². The molecule has 0 radical (unpaired) electrons. The van der Waals surface area contributed by atoms with Gasteiger partial charge in [0.15, 0.2) is 0 Å². The molecule has 0 saturated carbocycles. The van der Waals surface area contributed by atoms with Crippen LogP contribution in [-0.4, -0.2) is 33.1 Å². The fourth-order valence-corrected chi connectivity index (χ4v) is 2.57. The van der Waals surface area contributed by atoms with Gasteiger partial charge in [-0.2, -0.15) is 5.10 Å². The summed E-state index contributed by atoms with van der Waals surface area (Å²) in [5, 5.41) is 7.13. The second kappa shape index (κ2) is 5.74. The zero-order valence-electron chi connectivity index (χ0n) is 14.3. The molecule has 0 atom stereocenters. The highest BCUT2D eigenvalue weighted by Crippen LogP contribution is 2.34. The van der Waals surface area contributed by atoms with Crippen LogP contribution in [0.5, 0.6) is 0 Å². The largest absolute Gasteiger partial charge is 0.310 e. The quantitative estimate of drug-likeness (QED) is 0.918. The lowest BCUT2D eigenvalue weighted by molar-refractivity contribution is -0.123. The fraction of sp³-hybridized carbons (Fsp3) is 0.412. The third-order valence-electron chi connectivity index (χ3n) is 3.98. The maximum Gasteiger partial charge on any atom is 0.230 e. The Bertz CT molecular complexity index is 786. The van der Waals surface area contributed by atoms with Gasteiger partial charge in [-0.3, -0.25) is 14.5 Å². The van der Waals surface area contributed by atoms with E-state index in [1.165, 1.54) is 0 Å². The molecule has 2 amide bonds. The van der Waals surface area contributed by atoms with Crippen molar-refractivity contribution in [2.24, 2.45) is 5.41 Å². The molecule has 0 aromatic carbocycles. The van der Waals surface area contributed by atoms with Gasteiger partial charge < -0.3 is 5.32 Å². The molecule has 3 rings (SSSR count). The van der Waals surface area contributed by atoms with Crippen molar-refractivity contribution in [1.29, 1.82) is 0 Å². The molecule has 24 heavy (non-hydrogen) atoms. The first-order chi connectivity index (χ1) is 11.3. The Balaban J connectivity index is 1.86. The van der Waals surface area contributed by atoms with Crippen LogP contribution in [0.15, 0.2) is 24.5 Å². The number of amides is 2. The van der Waals surface area contributed by atoms with Gasteiger partial charge in [0.2, 0.25) is 11.8 Å². The summed E-state index contributed by atoms with van der Waals surface area (Å²) in [7, 11) is 0. The predicted octanol–water partition coefficient (Wildman–Crippen LogP) is 2.30. The van der Waals surface area contributed by atoms with Crippen molar-refractivity contribution in [1.82, 2.24) is 14.8 Å². The van der Waals surface area contributed by atoms with Crippen molar-refractivity contribution >= 4 is 23.5 Å². The van der Waals surface area contributed by atoms with Gasteiger partial charge in [-0.25, -0.2) is 9.67 Å². The number of rotatable bonds is 2. The van der Waals surface area contributed by atoms with Gasteiger partial charge >= 0.3 is 0 Å². The molecule has 3 heterocycles. The summed E-state index contributed by atoms with van der Waals surface area (Å²) in [4.78, 5) is 29.8. The van der Waals surface area contributed by atoms with E-state index >= 15 is 0 Å². The van der Waals surface area contributed by atoms with Gasteiger partial charge in [-0.05, 0) is 12.1 Å². The van der Waals surface area contributed by atoms with Crippen LogP contribution in [0.2, 0.25) is 0 Å². The van der Waals surface area contributed by atoms with Crippen LogP contribution in [0.1, 0.15) is 27.7 Å². The monoisotopic (exact) mass is 327 g/mol. The lowest BCUT2D eigenvalue weighted by Gasteiger charge is -2.17. The molecule has 1 aliphatic rings. The highest BCUT2D eigenvalue weighted by molar-refractivity contribution is 5.96. The third-order valence-corrected chi connectivity index (χ3v) is 3.98. The van der Waals surface area contributed by atoms with Crippen LogP contribution in [0.3, 0.4) is 0 Å². The van der Waals surface area contributed by atoms with Crippen LogP contribution in [0, 0.1) is 5.41 Å². The molecule has 0 bridgehead atoms. The van der Waals surface area contributed by atoms with Crippen molar-refractivity contribution in [3.05, 3.63) is 24.5 Å². The number of fused-ring (bicyclic) bond motifs is 1. The van der Waals surface area contributed by atoms with Crippen LogP contribution < -0.4 is 10.2 Å². The van der Waals surface area contributed by atoms with Gasteiger partial charge in [0.05, 0.1) is 12.7 Å². The Labute approximate surface area is 140 Å². The van der Waals surface area contributed by atoms with E-state index in [1.807, 2.05) is 31.5 Å². The first kappa shape index (κ1) is 16.2. The number of carbonyl (C=O) groups excluding carboxylic acids is 2. The molecule has 0 fully saturated rings. The number of hydrogen-bond donors (Lipinski definition) is 1. The average Bonchev–Trinajstić information content (AvgIpc) is 3.08. The van der Waals surface area contributed by atoms with Crippen LogP contribution >= 0.6 is 0 Å². The molecule has 0 saturated heterocycles.